The van der Waals surface area contributed by atoms with Crippen LogP contribution in [-0.4, -0.2) is 68.4 Å². The van der Waals surface area contributed by atoms with Crippen LogP contribution in [0.2, 0.25) is 5.02 Å². The number of anilines is 1. The Morgan fingerprint density at radius 1 is 1.08 bits per heavy atom. The summed E-state index contributed by atoms with van der Waals surface area (Å²) >= 11 is 6.61. The predicted octanol–water partition coefficient (Wildman–Crippen LogP) is 6.38. The van der Waals surface area contributed by atoms with Gasteiger partial charge in [0.2, 0.25) is 15.9 Å². The van der Waals surface area contributed by atoms with Crippen molar-refractivity contribution in [2.45, 2.75) is 71.1 Å². The number of rotatable bonds is 11. The normalized spacial score (nSPS) is 16.6. The van der Waals surface area contributed by atoms with E-state index in [1.807, 2.05) is 0 Å². The van der Waals surface area contributed by atoms with E-state index in [0.717, 1.165) is 23.1 Å². The first-order chi connectivity index (χ1) is 27.5. The molecule has 0 aliphatic heterocycles. The van der Waals surface area contributed by atoms with E-state index in [4.69, 9.17) is 21.3 Å². The first-order valence-electron chi connectivity index (χ1n) is 18.3. The van der Waals surface area contributed by atoms with Crippen LogP contribution in [0.4, 0.5) is 23.4 Å². The summed E-state index contributed by atoms with van der Waals surface area (Å²) in [6.45, 7) is 6.46. The minimum absolute atomic E-state index is 0.0322. The average Bonchev–Trinajstić information content (AvgIpc) is 3.71. The first-order valence-corrected chi connectivity index (χ1v) is 20.6. The van der Waals surface area contributed by atoms with E-state index < -0.39 is 75.2 Å². The van der Waals surface area contributed by atoms with E-state index in [1.165, 1.54) is 44.5 Å². The van der Waals surface area contributed by atoms with Crippen LogP contribution >= 0.6 is 11.6 Å². The Morgan fingerprint density at radius 2 is 1.75 bits per heavy atom. The summed E-state index contributed by atoms with van der Waals surface area (Å²) in [7, 11) is -2.27. The summed E-state index contributed by atoms with van der Waals surface area (Å²) in [5, 5.41) is 22.0. The third-order valence-electron chi connectivity index (χ3n) is 9.80. The zero-order valence-corrected chi connectivity index (χ0v) is 34.5. The Kier molecular flexibility index (Phi) is 11.6. The largest absolute Gasteiger partial charge is 0.461 e. The van der Waals surface area contributed by atoms with E-state index in [1.54, 1.807) is 26.1 Å². The van der Waals surface area contributed by atoms with Crippen molar-refractivity contribution in [3.63, 3.8) is 0 Å². The minimum Gasteiger partial charge on any atom is -0.461 e. The van der Waals surface area contributed by atoms with Gasteiger partial charge in [0.05, 0.1) is 40.5 Å². The molecule has 3 atom stereocenters. The number of aryl methyl sites for hydroxylation is 1. The standard InChI is InChI=1S/C40H40ClF4N7O6S/c1-8-58-38(54)34-31-20(2)21(3)40(44,45)36(31)52(48-34)19-30(53)47-29(17-22-15-23(42)18-24(43)16-22)33-26(10-9-25(46-33)13-14-39(4,5)55)27-11-12-28(41)32-35(27)51(6)49-37(32)50-59(7,56)57/h9-12,15-16,18,20-21,29,55H,8,17,19H2,1-7H3,(H,47,53)(H,49,50)/t20-,21+,29-/m0/s1. The van der Waals surface area contributed by atoms with Crippen LogP contribution in [0, 0.1) is 29.4 Å². The third kappa shape index (κ3) is 8.92. The molecule has 0 spiro atoms. The molecule has 13 nitrogen and oxygen atoms in total. The summed E-state index contributed by atoms with van der Waals surface area (Å²) in [6.07, 6.45) is 0.641. The van der Waals surface area contributed by atoms with Crippen LogP contribution < -0.4 is 10.0 Å². The van der Waals surface area contributed by atoms with Crippen molar-refractivity contribution < 1.29 is 45.4 Å². The molecule has 312 valence electrons. The molecule has 19 heteroatoms. The number of esters is 1. The Balaban J connectivity index is 1.54. The zero-order chi connectivity index (χ0) is 43.4. The van der Waals surface area contributed by atoms with Gasteiger partial charge >= 0.3 is 5.97 Å². The number of hydrogen-bond acceptors (Lipinski definition) is 9. The Hall–Kier alpha value is -5.51. The third-order valence-corrected chi connectivity index (χ3v) is 10.7. The lowest BCUT2D eigenvalue weighted by molar-refractivity contribution is -0.123. The maximum atomic E-state index is 15.9. The molecule has 3 N–H and O–H groups in total. The molecule has 0 saturated heterocycles. The maximum Gasteiger partial charge on any atom is 0.359 e. The number of halogens is 5. The number of benzene rings is 2. The van der Waals surface area contributed by atoms with Gasteiger partial charge in [0.1, 0.15) is 35.2 Å². The second-order valence-electron chi connectivity index (χ2n) is 14.9. The monoisotopic (exact) mass is 857 g/mol. The van der Waals surface area contributed by atoms with E-state index in [2.05, 4.69) is 32.1 Å². The van der Waals surface area contributed by atoms with Crippen molar-refractivity contribution in [1.82, 2.24) is 29.9 Å². The fourth-order valence-electron chi connectivity index (χ4n) is 7.16. The smallest absolute Gasteiger partial charge is 0.359 e. The highest BCUT2D eigenvalue weighted by Gasteiger charge is 2.55. The SMILES string of the molecule is CCOC(=O)c1nn(CC(=O)N[C@@H](Cc2cc(F)cc(F)c2)c2nc(C#CC(C)(C)O)ccc2-c2ccc(Cl)c3c(NS(C)(=O)=O)nn(C)c23)c2c1[C@@H](C)[C@@H](C)C2(F)F. The number of pyridine rings is 1. The number of alkyl halides is 2. The molecule has 0 saturated carbocycles. The van der Waals surface area contributed by atoms with Crippen molar-refractivity contribution >= 4 is 50.2 Å². The lowest BCUT2D eigenvalue weighted by atomic mass is 9.93. The molecule has 3 aromatic heterocycles. The minimum atomic E-state index is -3.82. The second-order valence-corrected chi connectivity index (χ2v) is 17.1. The molecule has 2 aromatic carbocycles. The van der Waals surface area contributed by atoms with Crippen LogP contribution in [0.3, 0.4) is 0 Å². The van der Waals surface area contributed by atoms with Crippen LogP contribution in [0.25, 0.3) is 22.0 Å². The van der Waals surface area contributed by atoms with Gasteiger partial charge in [-0.2, -0.15) is 19.0 Å². The van der Waals surface area contributed by atoms with Gasteiger partial charge in [0.15, 0.2) is 11.5 Å². The summed E-state index contributed by atoms with van der Waals surface area (Å²) < 4.78 is 95.1. The zero-order valence-electron chi connectivity index (χ0n) is 32.9. The Bertz CT molecular complexity index is 2660. The average molecular weight is 858 g/mol. The lowest BCUT2D eigenvalue weighted by Crippen LogP contribution is -2.35. The molecule has 6 rings (SSSR count). The summed E-state index contributed by atoms with van der Waals surface area (Å²) in [4.78, 5) is 31.9. The molecular weight excluding hydrogens is 818 g/mol. The molecule has 0 bridgehead atoms. The van der Waals surface area contributed by atoms with Crippen molar-refractivity contribution in [3.8, 4) is 23.0 Å². The molecule has 1 aliphatic carbocycles. The summed E-state index contributed by atoms with van der Waals surface area (Å²) in [6, 6.07) is 7.73. The van der Waals surface area contributed by atoms with Crippen LogP contribution in [-0.2, 0) is 45.5 Å². The number of fused-ring (bicyclic) bond motifs is 2. The van der Waals surface area contributed by atoms with E-state index in [0.29, 0.717) is 22.7 Å². The number of ether oxygens (including phenoxy) is 1. The number of amides is 1. The molecule has 1 aliphatic rings. The van der Waals surface area contributed by atoms with Crippen molar-refractivity contribution in [1.29, 1.82) is 0 Å². The molecular formula is C40H40ClF4N7O6S. The fraction of sp³-hybridized carbons (Fsp3) is 0.375. The van der Waals surface area contributed by atoms with Gasteiger partial charge in [0, 0.05) is 35.7 Å². The molecule has 1 amide bonds. The topological polar surface area (TPSA) is 170 Å². The number of sulfonamides is 1. The number of aromatic nitrogens is 5. The van der Waals surface area contributed by atoms with Crippen LogP contribution in [0.1, 0.15) is 85.3 Å². The second kappa shape index (κ2) is 15.9. The summed E-state index contributed by atoms with van der Waals surface area (Å²) in [5.41, 5.74) is -1.17. The fourth-order valence-corrected chi connectivity index (χ4v) is 7.89. The maximum absolute atomic E-state index is 15.9. The van der Waals surface area contributed by atoms with E-state index in [9.17, 15) is 31.9 Å². The molecule has 0 fully saturated rings. The highest BCUT2D eigenvalue weighted by Crippen LogP contribution is 2.53. The number of nitrogens with zero attached hydrogens (tertiary/aromatic N) is 5. The quantitative estimate of drug-likeness (QED) is 0.0776. The highest BCUT2D eigenvalue weighted by atomic mass is 35.5. The number of nitrogens with one attached hydrogen (secondary N) is 2. The molecule has 3 heterocycles. The van der Waals surface area contributed by atoms with Gasteiger partial charge in [-0.05, 0) is 74.9 Å². The lowest BCUT2D eigenvalue weighted by Gasteiger charge is -2.23. The first kappa shape index (κ1) is 43.1. The highest BCUT2D eigenvalue weighted by molar-refractivity contribution is 7.92. The Morgan fingerprint density at radius 3 is 2.37 bits per heavy atom. The number of carbonyl (C=O) groups is 2. The Labute approximate surface area is 342 Å². The van der Waals surface area contributed by atoms with Crippen molar-refractivity contribution in [2.24, 2.45) is 13.0 Å². The molecule has 59 heavy (non-hydrogen) atoms. The number of carbonyl (C=O) groups excluding carboxylic acids is 2. The molecule has 5 aromatic rings. The van der Waals surface area contributed by atoms with Gasteiger partial charge in [-0.25, -0.2) is 27.0 Å². The number of aliphatic hydroxyl groups is 1. The van der Waals surface area contributed by atoms with Gasteiger partial charge in [0.25, 0.3) is 5.92 Å². The molecule has 0 radical (unpaired) electrons. The predicted molar refractivity (Wildman–Crippen MR) is 211 cm³/mol. The molecule has 0 unspecified atom stereocenters. The number of hydrogen-bond donors (Lipinski definition) is 3. The van der Waals surface area contributed by atoms with Gasteiger partial charge in [-0.3, -0.25) is 18.9 Å². The van der Waals surface area contributed by atoms with Gasteiger partial charge in [-0.1, -0.05) is 37.4 Å². The van der Waals surface area contributed by atoms with Gasteiger partial charge < -0.3 is 15.2 Å². The van der Waals surface area contributed by atoms with Crippen molar-refractivity contribution in [2.75, 3.05) is 17.6 Å². The van der Waals surface area contributed by atoms with Crippen LogP contribution in [0.15, 0.2) is 42.5 Å². The van der Waals surface area contributed by atoms with Crippen LogP contribution in [0.5, 0.6) is 0 Å². The van der Waals surface area contributed by atoms with Crippen molar-refractivity contribution in [3.05, 3.63) is 93.0 Å². The van der Waals surface area contributed by atoms with Gasteiger partial charge in [-0.15, -0.1) is 0 Å². The summed E-state index contributed by atoms with van der Waals surface area (Å²) in [5.74, 6) is -3.80. The van der Waals surface area contributed by atoms with E-state index >= 15 is 8.78 Å². The van der Waals surface area contributed by atoms with E-state index in [-0.39, 0.29) is 57.5 Å².